The highest BCUT2D eigenvalue weighted by Gasteiger charge is 2.21. The predicted molar refractivity (Wildman–Crippen MR) is 228 cm³/mol. The smallest absolute Gasteiger partial charge is 0.298 e. The van der Waals surface area contributed by atoms with Crippen molar-refractivity contribution in [3.05, 3.63) is 93.8 Å². The molecular formula is C42H52N14O6. The monoisotopic (exact) mass is 848 g/mol. The first-order valence-corrected chi connectivity index (χ1v) is 20.5. The number of primary amides is 2. The Morgan fingerprint density at radius 3 is 1.90 bits per heavy atom. The molecule has 0 aliphatic carbocycles. The molecule has 62 heavy (non-hydrogen) atoms. The first-order chi connectivity index (χ1) is 29.8. The zero-order valence-corrected chi connectivity index (χ0v) is 35.9. The lowest BCUT2D eigenvalue weighted by Crippen LogP contribution is -2.37. The Kier molecular flexibility index (Phi) is 12.8. The average Bonchev–Trinajstić information content (AvgIpc) is 3.99. The number of imidazole rings is 2. The molecule has 0 atom stereocenters. The minimum Gasteiger partial charge on any atom is -0.491 e. The molecule has 1 saturated heterocycles. The summed E-state index contributed by atoms with van der Waals surface area (Å²) in [5, 5.41) is 8.85. The van der Waals surface area contributed by atoms with Crippen LogP contribution >= 0.6 is 0 Å². The summed E-state index contributed by atoms with van der Waals surface area (Å²) in [4.78, 5) is 68.4. The van der Waals surface area contributed by atoms with Crippen LogP contribution in [0.25, 0.3) is 22.2 Å². The second kappa shape index (κ2) is 18.4. The van der Waals surface area contributed by atoms with Crippen molar-refractivity contribution in [1.82, 2.24) is 47.7 Å². The molecule has 6 aromatic rings. The molecule has 4 N–H and O–H groups in total. The number of amides is 4. The molecule has 4 amide bonds. The van der Waals surface area contributed by atoms with Gasteiger partial charge in [0.2, 0.25) is 23.1 Å². The van der Waals surface area contributed by atoms with Crippen molar-refractivity contribution < 1.29 is 28.7 Å². The van der Waals surface area contributed by atoms with Gasteiger partial charge in [0.05, 0.1) is 47.8 Å². The maximum Gasteiger partial charge on any atom is 0.298 e. The molecule has 20 nitrogen and oxygen atoms in total. The van der Waals surface area contributed by atoms with Crippen LogP contribution in [0.4, 0.5) is 0 Å². The highest BCUT2D eigenvalue weighted by molar-refractivity contribution is 5.99. The van der Waals surface area contributed by atoms with Crippen molar-refractivity contribution in [3.8, 4) is 5.75 Å². The normalized spacial score (nSPS) is 14.2. The van der Waals surface area contributed by atoms with E-state index in [2.05, 4.69) is 30.1 Å². The Labute approximate surface area is 356 Å². The van der Waals surface area contributed by atoms with Gasteiger partial charge in [0.25, 0.3) is 11.8 Å². The standard InChI is InChI=1S/C42H52N14O6/c1-7-55-32(20-26(3)48-55)39(59)46-41-50(5)30-22-28(36(43)57)24-34(62-17-11-12-52-15-18-61-19-16-52)35(30)53(41)13-9-10-14-54-38-31(23-29(25-45-38)37(44)58)51(6)42(54)47-40(60)33-21-27(4)49-56(33)8-2/h9-10,20-25H,7-8,11-19H2,1-6H3,(H2,43,57)(H2,44,58)/b10-9+,46-41?,47-42?. The lowest BCUT2D eigenvalue weighted by molar-refractivity contribution is 0.0358. The minimum absolute atomic E-state index is 0.195. The molecule has 20 heteroatoms. The molecule has 0 saturated carbocycles. The van der Waals surface area contributed by atoms with Crippen LogP contribution in [0.5, 0.6) is 5.75 Å². The number of rotatable bonds is 15. The quantitative estimate of drug-likeness (QED) is 0.112. The van der Waals surface area contributed by atoms with E-state index in [0.29, 0.717) is 89.3 Å². The number of fused-ring (bicyclic) bond motifs is 2. The van der Waals surface area contributed by atoms with E-state index in [-0.39, 0.29) is 29.8 Å². The largest absolute Gasteiger partial charge is 0.491 e. The maximum atomic E-state index is 13.9. The number of allylic oxidation sites excluding steroid dienone is 2. The van der Waals surface area contributed by atoms with E-state index in [1.165, 1.54) is 6.20 Å². The van der Waals surface area contributed by atoms with Crippen LogP contribution < -0.4 is 27.4 Å². The summed E-state index contributed by atoms with van der Waals surface area (Å²) in [5.74, 6) is -1.87. The van der Waals surface area contributed by atoms with Gasteiger partial charge in [0, 0.05) is 71.7 Å². The lowest BCUT2D eigenvalue weighted by Gasteiger charge is -2.26. The molecule has 1 fully saturated rings. The number of aromatic nitrogens is 9. The molecule has 326 valence electrons. The van der Waals surface area contributed by atoms with E-state index in [1.807, 2.05) is 44.4 Å². The number of nitrogens with two attached hydrogens (primary N) is 2. The Morgan fingerprint density at radius 2 is 1.32 bits per heavy atom. The van der Waals surface area contributed by atoms with Gasteiger partial charge in [-0.3, -0.25) is 38.0 Å². The third-order valence-corrected chi connectivity index (χ3v) is 10.8. The number of benzene rings is 1. The number of morpholine rings is 1. The van der Waals surface area contributed by atoms with Crippen molar-refractivity contribution in [2.45, 2.75) is 60.3 Å². The molecule has 7 rings (SSSR count). The van der Waals surface area contributed by atoms with Crippen molar-refractivity contribution in [1.29, 1.82) is 0 Å². The van der Waals surface area contributed by atoms with E-state index in [0.717, 1.165) is 26.1 Å². The van der Waals surface area contributed by atoms with E-state index < -0.39 is 23.6 Å². The summed E-state index contributed by atoms with van der Waals surface area (Å²) >= 11 is 0. The van der Waals surface area contributed by atoms with E-state index >= 15 is 0 Å². The second-order valence-electron chi connectivity index (χ2n) is 15.0. The van der Waals surface area contributed by atoms with Crippen molar-refractivity contribution in [2.24, 2.45) is 35.5 Å². The number of aryl methyl sites for hydroxylation is 6. The summed E-state index contributed by atoms with van der Waals surface area (Å²) in [6.45, 7) is 13.0. The van der Waals surface area contributed by atoms with Crippen molar-refractivity contribution in [3.63, 3.8) is 0 Å². The Balaban J connectivity index is 1.31. The Morgan fingerprint density at radius 1 is 0.774 bits per heavy atom. The topological polar surface area (TPSA) is 235 Å². The molecule has 0 radical (unpaired) electrons. The van der Waals surface area contributed by atoms with Crippen LogP contribution in [-0.2, 0) is 45.0 Å². The molecule has 1 aliphatic heterocycles. The van der Waals surface area contributed by atoms with Gasteiger partial charge in [0.15, 0.2) is 5.65 Å². The molecule has 0 bridgehead atoms. The van der Waals surface area contributed by atoms with Crippen molar-refractivity contribution >= 4 is 45.8 Å². The highest BCUT2D eigenvalue weighted by atomic mass is 16.5. The van der Waals surface area contributed by atoms with Gasteiger partial charge in [0.1, 0.15) is 22.7 Å². The number of nitrogens with zero attached hydrogens (tertiary/aromatic N) is 12. The van der Waals surface area contributed by atoms with Crippen LogP contribution in [0, 0.1) is 13.8 Å². The fourth-order valence-electron chi connectivity index (χ4n) is 7.66. The Bertz CT molecular complexity index is 2880. The predicted octanol–water partition coefficient (Wildman–Crippen LogP) is 1.76. The van der Waals surface area contributed by atoms with Crippen LogP contribution in [0.3, 0.4) is 0 Å². The van der Waals surface area contributed by atoms with Gasteiger partial charge in [-0.2, -0.15) is 20.2 Å². The third kappa shape index (κ3) is 8.77. The zero-order chi connectivity index (χ0) is 44.2. The molecule has 0 unspecified atom stereocenters. The summed E-state index contributed by atoms with van der Waals surface area (Å²) in [6.07, 6.45) is 5.87. The zero-order valence-electron chi connectivity index (χ0n) is 35.9. The van der Waals surface area contributed by atoms with Crippen molar-refractivity contribution in [2.75, 3.05) is 39.5 Å². The van der Waals surface area contributed by atoms with Gasteiger partial charge in [-0.25, -0.2) is 4.98 Å². The summed E-state index contributed by atoms with van der Waals surface area (Å²) in [5.41, 5.74) is 16.6. The molecule has 1 aromatic carbocycles. The van der Waals surface area contributed by atoms with Gasteiger partial charge in [-0.1, -0.05) is 12.2 Å². The maximum absolute atomic E-state index is 13.9. The van der Waals surface area contributed by atoms with Gasteiger partial charge in [-0.05, 0) is 64.4 Å². The molecule has 1 aliphatic rings. The van der Waals surface area contributed by atoms with Gasteiger partial charge >= 0.3 is 0 Å². The fourth-order valence-corrected chi connectivity index (χ4v) is 7.66. The summed E-state index contributed by atoms with van der Waals surface area (Å²) < 4.78 is 22.2. The number of carbonyl (C=O) groups is 4. The Hall–Kier alpha value is -6.93. The highest BCUT2D eigenvalue weighted by Crippen LogP contribution is 2.28. The van der Waals surface area contributed by atoms with Crippen LogP contribution in [0.2, 0.25) is 0 Å². The minimum atomic E-state index is -0.645. The molecule has 5 aromatic heterocycles. The summed E-state index contributed by atoms with van der Waals surface area (Å²) in [7, 11) is 3.49. The number of carbonyl (C=O) groups excluding carboxylic acids is 4. The molecule has 0 spiro atoms. The van der Waals surface area contributed by atoms with E-state index in [9.17, 15) is 19.2 Å². The third-order valence-electron chi connectivity index (χ3n) is 10.8. The van der Waals surface area contributed by atoms with Crippen LogP contribution in [-0.4, -0.2) is 111 Å². The molecule has 6 heterocycles. The number of pyridine rings is 1. The number of ether oxygens (including phenoxy) is 2. The summed E-state index contributed by atoms with van der Waals surface area (Å²) in [6, 6.07) is 8.28. The fraction of sp³-hybridized carbons (Fsp3) is 0.405. The molecular weight excluding hydrogens is 797 g/mol. The van der Waals surface area contributed by atoms with Gasteiger partial charge in [-0.15, -0.1) is 0 Å². The number of hydrogen-bond donors (Lipinski definition) is 2. The van der Waals surface area contributed by atoms with E-state index in [1.54, 1.807) is 67.5 Å². The lowest BCUT2D eigenvalue weighted by atomic mass is 10.1. The average molecular weight is 849 g/mol. The first kappa shape index (κ1) is 43.2. The number of hydrogen-bond acceptors (Lipinski definition) is 10. The SMILES string of the molecule is CCn1nc(C)cc1C(=O)N=c1n(C)c2cc(C(N)=O)cnc2n1C/C=C/Cn1c(=NC(=O)c2cc(C)nn2CC)n(C)c2cc(C(N)=O)cc(OCCCN3CCOCC3)c21. The van der Waals surface area contributed by atoms with Gasteiger partial charge < -0.3 is 34.6 Å². The van der Waals surface area contributed by atoms with Crippen LogP contribution in [0.1, 0.15) is 73.3 Å². The van der Waals surface area contributed by atoms with E-state index in [4.69, 9.17) is 20.9 Å². The van der Waals surface area contributed by atoms with Crippen LogP contribution in [0.15, 0.2) is 58.7 Å². The second-order valence-corrected chi connectivity index (χ2v) is 15.0. The first-order valence-electron chi connectivity index (χ1n) is 20.5.